The Morgan fingerprint density at radius 2 is 0.400 bits per heavy atom. The Kier molecular flexibility index (Phi) is 20.6. The van der Waals surface area contributed by atoms with Crippen LogP contribution in [0.4, 0.5) is 0 Å². The van der Waals surface area contributed by atoms with Crippen LogP contribution >= 0.6 is 0 Å². The molecule has 8 heteroatoms. The fourth-order valence-electron chi connectivity index (χ4n) is 16.1. The van der Waals surface area contributed by atoms with E-state index in [0.29, 0.717) is 0 Å². The van der Waals surface area contributed by atoms with Gasteiger partial charge in [-0.15, -0.1) is 0 Å². The molecule has 4 aliphatic carbocycles. The van der Waals surface area contributed by atoms with Crippen LogP contribution < -0.4 is 0 Å². The lowest BCUT2D eigenvalue weighted by Crippen LogP contribution is -2.45. The molecule has 0 aromatic heterocycles. The third kappa shape index (κ3) is 16.6. The number of hydrogen-bond donors (Lipinski definition) is 0. The van der Waals surface area contributed by atoms with Gasteiger partial charge in [-0.3, -0.25) is 0 Å². The molecule has 4 saturated heterocycles. The molecule has 4 aliphatic heterocycles. The number of fused-ring (bicyclic) bond motifs is 4. The van der Waals surface area contributed by atoms with E-state index in [4.69, 9.17) is 37.9 Å². The molecule has 0 N–H and O–H groups in total. The third-order valence-electron chi connectivity index (χ3n) is 22.0. The Morgan fingerprint density at radius 3 is 0.600 bits per heavy atom. The maximum absolute atomic E-state index is 5.95. The van der Waals surface area contributed by atoms with Crippen molar-refractivity contribution in [1.29, 1.82) is 0 Å². The third-order valence-corrected chi connectivity index (χ3v) is 22.0. The van der Waals surface area contributed by atoms with E-state index in [2.05, 4.69) is 246 Å². The molecule has 8 nitrogen and oxygen atoms in total. The Hall–Kier alpha value is -7.60. The molecule has 4 fully saturated rings. The zero-order valence-corrected chi connectivity index (χ0v) is 61.4. The molecule has 0 saturated carbocycles. The molecule has 4 spiro atoms. The topological polar surface area (TPSA) is 73.8 Å². The van der Waals surface area contributed by atoms with Crippen LogP contribution in [0.3, 0.4) is 0 Å². The first-order valence-electron chi connectivity index (χ1n) is 36.4. The Bertz CT molecular complexity index is 3950. The first kappa shape index (κ1) is 70.8. The van der Waals surface area contributed by atoms with Crippen molar-refractivity contribution in [2.24, 2.45) is 21.7 Å². The molecule has 8 aliphatic rings. The maximum Gasteiger partial charge on any atom is 0.162 e. The molecule has 16 rings (SSSR count). The molecule has 0 bridgehead atoms. The quantitative estimate of drug-likeness (QED) is 0.149. The highest BCUT2D eigenvalue weighted by Gasteiger charge is 2.47. The predicted molar refractivity (Wildman–Crippen MR) is 413 cm³/mol. The summed E-state index contributed by atoms with van der Waals surface area (Å²) in [6, 6.07) is 60.2. The maximum atomic E-state index is 5.95. The van der Waals surface area contributed by atoms with E-state index < -0.39 is 23.1 Å². The molecule has 520 valence electrons. The zero-order chi connectivity index (χ0) is 70.0. The van der Waals surface area contributed by atoms with Gasteiger partial charge in [-0.1, -0.05) is 241 Å². The summed E-state index contributed by atoms with van der Waals surface area (Å²) in [4.78, 5) is 0. The van der Waals surface area contributed by atoms with Gasteiger partial charge in [-0.2, -0.15) is 0 Å². The minimum Gasteiger partial charge on any atom is -0.350 e. The molecule has 4 heterocycles. The minimum absolute atomic E-state index is 0.123. The van der Waals surface area contributed by atoms with Crippen LogP contribution in [0.25, 0.3) is 67.4 Å². The smallest absolute Gasteiger partial charge is 0.162 e. The number of ether oxygens (including phenoxy) is 8. The number of rotatable bonds is 8. The van der Waals surface area contributed by atoms with Crippen LogP contribution in [0.5, 0.6) is 0 Å². The van der Waals surface area contributed by atoms with Gasteiger partial charge in [-0.25, -0.2) is 0 Å². The number of allylic oxidation sites excluding steroid dienone is 12. The first-order valence-corrected chi connectivity index (χ1v) is 36.4. The van der Waals surface area contributed by atoms with Gasteiger partial charge in [0.25, 0.3) is 0 Å². The van der Waals surface area contributed by atoms with E-state index in [1.165, 1.54) is 110 Å². The van der Waals surface area contributed by atoms with Crippen molar-refractivity contribution < 1.29 is 37.9 Å². The van der Waals surface area contributed by atoms with E-state index in [0.717, 1.165) is 104 Å². The summed E-state index contributed by atoms with van der Waals surface area (Å²) in [6.45, 7) is 31.2. The van der Waals surface area contributed by atoms with Crippen molar-refractivity contribution in [3.63, 3.8) is 0 Å². The van der Waals surface area contributed by atoms with E-state index in [1.807, 2.05) is 55.4 Å². The Morgan fingerprint density at radius 1 is 0.220 bits per heavy atom. The molecule has 100 heavy (non-hydrogen) atoms. The summed E-state index contributed by atoms with van der Waals surface area (Å²) in [5, 5.41) is 10.4. The summed E-state index contributed by atoms with van der Waals surface area (Å²) < 4.78 is 47.6. The lowest BCUT2D eigenvalue weighted by molar-refractivity contribution is -0.283. The van der Waals surface area contributed by atoms with Gasteiger partial charge in [-0.05, 0) is 222 Å². The van der Waals surface area contributed by atoms with Crippen molar-refractivity contribution in [3.8, 4) is 0 Å². The summed E-state index contributed by atoms with van der Waals surface area (Å²) in [7, 11) is 0. The largest absolute Gasteiger partial charge is 0.350 e. The summed E-state index contributed by atoms with van der Waals surface area (Å²) in [5.74, 6) is -1.77. The predicted octanol–water partition coefficient (Wildman–Crippen LogP) is 22.9. The highest BCUT2D eigenvalue weighted by Crippen LogP contribution is 2.51. The Labute approximate surface area is 595 Å². The minimum atomic E-state index is -0.444. The van der Waals surface area contributed by atoms with E-state index >= 15 is 0 Å². The summed E-state index contributed by atoms with van der Waals surface area (Å²) in [5.41, 5.74) is 17.2. The van der Waals surface area contributed by atoms with Gasteiger partial charge in [0, 0.05) is 21.7 Å². The second-order valence-corrected chi connectivity index (χ2v) is 32.2. The highest BCUT2D eigenvalue weighted by atomic mass is 16.7. The molecule has 8 aromatic carbocycles. The molecule has 0 atom stereocenters. The Balaban J connectivity index is 0.000000119. The summed E-state index contributed by atoms with van der Waals surface area (Å²) in [6.07, 6.45) is 26.6. The van der Waals surface area contributed by atoms with Gasteiger partial charge in [0.05, 0.1) is 52.9 Å². The molecule has 0 amide bonds. The van der Waals surface area contributed by atoms with Gasteiger partial charge >= 0.3 is 0 Å². The van der Waals surface area contributed by atoms with Crippen LogP contribution in [-0.2, 0) is 37.9 Å². The molecule has 0 unspecified atom stereocenters. The van der Waals surface area contributed by atoms with Crippen molar-refractivity contribution in [1.82, 2.24) is 0 Å². The van der Waals surface area contributed by atoms with Crippen molar-refractivity contribution in [2.45, 2.75) is 158 Å². The number of hydrogen-bond acceptors (Lipinski definition) is 8. The van der Waals surface area contributed by atoms with Crippen LogP contribution in [0.2, 0.25) is 0 Å². The van der Waals surface area contributed by atoms with Crippen LogP contribution in [0, 0.1) is 21.7 Å². The summed E-state index contributed by atoms with van der Waals surface area (Å²) >= 11 is 0. The average molecular weight is 1340 g/mol. The molecule has 8 aromatic rings. The lowest BCUT2D eigenvalue weighted by Gasteiger charge is -2.41. The first-order chi connectivity index (χ1) is 47.9. The van der Waals surface area contributed by atoms with Crippen LogP contribution in [-0.4, -0.2) is 76.0 Å². The van der Waals surface area contributed by atoms with Crippen LogP contribution in [0.1, 0.15) is 157 Å². The van der Waals surface area contributed by atoms with Crippen LogP contribution in [0.15, 0.2) is 239 Å². The molecular weight excluding hydrogens is 1230 g/mol. The fraction of sp³-hybridized carbons (Fsp3) is 0.391. The lowest BCUT2D eigenvalue weighted by atomic mass is 9.84. The molecule has 0 radical (unpaired) electrons. The molecular formula is C92H104O8. The van der Waals surface area contributed by atoms with E-state index in [-0.39, 0.29) is 21.7 Å². The monoisotopic (exact) mass is 1340 g/mol. The van der Waals surface area contributed by atoms with Gasteiger partial charge in [0.1, 0.15) is 0 Å². The standard InChI is InChI=1S/4C23H26O2/c4*1-17-13-23(15-24-22(2,3)25-16-23)14-20(17)12-11-19-9-6-8-18-7-4-5-10-21(18)19/h4*4-12H,13-16H2,1-3H3/b4*12-11-. The fourth-order valence-corrected chi connectivity index (χ4v) is 16.1. The van der Waals surface area contributed by atoms with E-state index in [9.17, 15) is 0 Å². The zero-order valence-electron chi connectivity index (χ0n) is 61.4. The second kappa shape index (κ2) is 29.0. The van der Waals surface area contributed by atoms with Crippen molar-refractivity contribution in [2.75, 3.05) is 52.9 Å². The van der Waals surface area contributed by atoms with Crippen molar-refractivity contribution in [3.05, 3.63) is 261 Å². The van der Waals surface area contributed by atoms with Gasteiger partial charge < -0.3 is 37.9 Å². The average Bonchev–Trinajstić information content (AvgIpc) is 1.66. The van der Waals surface area contributed by atoms with Gasteiger partial charge in [0.2, 0.25) is 0 Å². The highest BCUT2D eigenvalue weighted by molar-refractivity contribution is 5.93. The number of benzene rings is 8. The SMILES string of the molecule is CC1=C(/C=C\c2cccc3ccccc23)CC2(COC(C)(C)OC2)C1.CC1=C(/C=C\c2cccc3ccccc23)CC2(COC(C)(C)OC2)C1.CC1=C(/C=C\c2cccc3ccccc23)CC2(COC(C)(C)OC2)C1.CC1=C(/C=C\c2cccc3ccccc23)CC2(COC(C)(C)OC2)C1. The second-order valence-electron chi connectivity index (χ2n) is 32.2. The van der Waals surface area contributed by atoms with Crippen molar-refractivity contribution >= 4 is 67.4 Å². The normalized spacial score (nSPS) is 22.4. The van der Waals surface area contributed by atoms with Gasteiger partial charge in [0.15, 0.2) is 23.1 Å². The van der Waals surface area contributed by atoms with E-state index in [1.54, 1.807) is 0 Å².